The zero-order valence-electron chi connectivity index (χ0n) is 20.6. The Hall–Kier alpha value is -3.72. The van der Waals surface area contributed by atoms with Crippen LogP contribution in [0, 0.1) is 0 Å². The Morgan fingerprint density at radius 3 is 2.49 bits per heavy atom. The molecule has 0 saturated carbocycles. The summed E-state index contributed by atoms with van der Waals surface area (Å²) in [6, 6.07) is 5.37. The minimum atomic E-state index is -0.290. The highest BCUT2D eigenvalue weighted by molar-refractivity contribution is 6.11. The van der Waals surface area contributed by atoms with Gasteiger partial charge in [0.15, 0.2) is 23.8 Å². The van der Waals surface area contributed by atoms with Gasteiger partial charge in [0, 0.05) is 12.0 Å². The van der Waals surface area contributed by atoms with E-state index in [-0.39, 0.29) is 25.1 Å². The average Bonchev–Trinajstić information content (AvgIpc) is 3.34. The number of ketones is 1. The Morgan fingerprint density at radius 2 is 1.80 bits per heavy atom. The number of nitrogens with zero attached hydrogens (tertiary/aromatic N) is 1. The third-order valence-electron chi connectivity index (χ3n) is 6.47. The summed E-state index contributed by atoms with van der Waals surface area (Å²) in [5.74, 6) is 2.09. The van der Waals surface area contributed by atoms with Crippen LogP contribution in [-0.2, 0) is 22.5 Å². The van der Waals surface area contributed by atoms with E-state index in [2.05, 4.69) is 0 Å². The number of carbonyl (C=O) groups excluding carboxylic acids is 2. The Morgan fingerprint density at radius 1 is 1.03 bits per heavy atom. The summed E-state index contributed by atoms with van der Waals surface area (Å²) in [5, 5.41) is 0. The highest BCUT2D eigenvalue weighted by Gasteiger charge is 2.40. The van der Waals surface area contributed by atoms with Crippen LogP contribution in [0.5, 0.6) is 28.7 Å². The molecule has 0 amide bonds. The number of rotatable bonds is 8. The van der Waals surface area contributed by atoms with Crippen LogP contribution < -0.4 is 23.7 Å². The number of quaternary nitrogens is 1. The third-order valence-corrected chi connectivity index (χ3v) is 6.47. The van der Waals surface area contributed by atoms with Crippen molar-refractivity contribution in [1.82, 2.24) is 0 Å². The van der Waals surface area contributed by atoms with Gasteiger partial charge < -0.3 is 32.9 Å². The molecule has 9 nitrogen and oxygen atoms in total. The van der Waals surface area contributed by atoms with Crippen LogP contribution >= 0.6 is 0 Å². The lowest BCUT2D eigenvalue weighted by atomic mass is 9.88. The number of esters is 1. The Kier molecular flexibility index (Phi) is 6.88. The number of hydrogen-bond acceptors (Lipinski definition) is 8. The predicted molar refractivity (Wildman–Crippen MR) is 127 cm³/mol. The van der Waals surface area contributed by atoms with Crippen molar-refractivity contribution < 1.29 is 42.5 Å². The quantitative estimate of drug-likeness (QED) is 0.245. The highest BCUT2D eigenvalue weighted by atomic mass is 16.7. The lowest BCUT2D eigenvalue weighted by Crippen LogP contribution is -2.51. The minimum absolute atomic E-state index is 0.00340. The van der Waals surface area contributed by atoms with Gasteiger partial charge in [0.25, 0.3) is 0 Å². The first-order valence-corrected chi connectivity index (χ1v) is 11.2. The van der Waals surface area contributed by atoms with Gasteiger partial charge in [-0.05, 0) is 35.9 Å². The summed E-state index contributed by atoms with van der Waals surface area (Å²) in [6.07, 6.45) is 3.76. The fourth-order valence-electron chi connectivity index (χ4n) is 4.69. The molecule has 2 aliphatic rings. The van der Waals surface area contributed by atoms with Gasteiger partial charge in [-0.2, -0.15) is 0 Å². The first kappa shape index (κ1) is 24.4. The van der Waals surface area contributed by atoms with Crippen molar-refractivity contribution in [1.29, 1.82) is 0 Å². The van der Waals surface area contributed by atoms with E-state index in [1.54, 1.807) is 45.6 Å². The lowest BCUT2D eigenvalue weighted by molar-refractivity contribution is -0.917. The van der Waals surface area contributed by atoms with Gasteiger partial charge >= 0.3 is 5.97 Å². The largest absolute Gasteiger partial charge is 0.497 e. The molecule has 0 saturated heterocycles. The Balaban J connectivity index is 1.77. The molecule has 35 heavy (non-hydrogen) atoms. The number of benzene rings is 2. The van der Waals surface area contributed by atoms with E-state index >= 15 is 0 Å². The first-order chi connectivity index (χ1) is 16.8. The molecule has 0 N–H and O–H groups in total. The van der Waals surface area contributed by atoms with Gasteiger partial charge in [0.2, 0.25) is 12.5 Å². The molecule has 186 valence electrons. The van der Waals surface area contributed by atoms with Gasteiger partial charge in [0.05, 0.1) is 53.2 Å². The van der Waals surface area contributed by atoms with Gasteiger partial charge in [-0.1, -0.05) is 0 Å². The fourth-order valence-corrected chi connectivity index (χ4v) is 4.69. The van der Waals surface area contributed by atoms with Gasteiger partial charge in [-0.25, -0.2) is 4.79 Å². The maximum atomic E-state index is 13.6. The molecule has 9 heteroatoms. The molecule has 0 aliphatic carbocycles. The first-order valence-electron chi connectivity index (χ1n) is 11.2. The van der Waals surface area contributed by atoms with Crippen molar-refractivity contribution in [2.45, 2.75) is 13.0 Å². The standard InChI is InChI=1S/C26H30NO8/c1-27(14-22(29)32-4)11-10-18-19(13-27)24(33-5)26-25(34-15-35-26)23(18)20(28)8-6-16-12-17(30-2)7-9-21(16)31-3/h6-9,12H,10-11,13-15H2,1-5H3/q+1/b8-6+/t27-/m1/s1. The second kappa shape index (κ2) is 9.87. The highest BCUT2D eigenvalue weighted by Crippen LogP contribution is 2.50. The van der Waals surface area contributed by atoms with E-state index in [4.69, 9.17) is 28.4 Å². The molecule has 0 radical (unpaired) electrons. The summed E-state index contributed by atoms with van der Waals surface area (Å²) in [5.41, 5.74) is 2.85. The minimum Gasteiger partial charge on any atom is -0.497 e. The van der Waals surface area contributed by atoms with Crippen molar-refractivity contribution >= 4 is 17.8 Å². The van der Waals surface area contributed by atoms with Crippen molar-refractivity contribution in [3.05, 3.63) is 46.5 Å². The maximum Gasteiger partial charge on any atom is 0.361 e. The molecule has 2 aromatic carbocycles. The second-order valence-corrected chi connectivity index (χ2v) is 8.72. The summed E-state index contributed by atoms with van der Waals surface area (Å²) in [6.45, 7) is 1.35. The number of methoxy groups -OCH3 is 4. The molecular weight excluding hydrogens is 454 g/mol. The molecule has 2 aliphatic heterocycles. The molecule has 1 atom stereocenters. The molecule has 0 unspecified atom stereocenters. The third kappa shape index (κ3) is 4.64. The summed E-state index contributed by atoms with van der Waals surface area (Å²) < 4.78 is 33.2. The van der Waals surface area contributed by atoms with Crippen LogP contribution in [0.4, 0.5) is 0 Å². The number of ether oxygens (including phenoxy) is 6. The Bertz CT molecular complexity index is 1190. The van der Waals surface area contributed by atoms with Crippen LogP contribution in [-0.4, -0.2) is 71.6 Å². The van der Waals surface area contributed by atoms with Crippen LogP contribution in [0.25, 0.3) is 6.08 Å². The monoisotopic (exact) mass is 484 g/mol. The van der Waals surface area contributed by atoms with E-state index in [9.17, 15) is 9.59 Å². The number of hydrogen-bond donors (Lipinski definition) is 0. The molecule has 0 spiro atoms. The number of fused-ring (bicyclic) bond motifs is 2. The molecule has 0 bridgehead atoms. The molecule has 4 rings (SSSR count). The number of likely N-dealkylation sites (N-methyl/N-ethyl adjacent to an activating group) is 1. The fraction of sp³-hybridized carbons (Fsp3) is 0.385. The zero-order valence-corrected chi connectivity index (χ0v) is 20.6. The molecular formula is C26H30NO8+. The smallest absolute Gasteiger partial charge is 0.361 e. The van der Waals surface area contributed by atoms with Crippen LogP contribution in [0.15, 0.2) is 24.3 Å². The molecule has 2 heterocycles. The summed E-state index contributed by atoms with van der Waals surface area (Å²) in [4.78, 5) is 25.6. The van der Waals surface area contributed by atoms with Crippen LogP contribution in [0.1, 0.15) is 27.0 Å². The number of carbonyl (C=O) groups is 2. The predicted octanol–water partition coefficient (Wildman–Crippen LogP) is 3.01. The second-order valence-electron chi connectivity index (χ2n) is 8.72. The van der Waals surface area contributed by atoms with E-state index in [0.29, 0.717) is 63.9 Å². The van der Waals surface area contributed by atoms with E-state index in [1.807, 2.05) is 7.05 Å². The number of allylic oxidation sites excluding steroid dienone is 1. The van der Waals surface area contributed by atoms with E-state index in [1.165, 1.54) is 13.2 Å². The van der Waals surface area contributed by atoms with Crippen LogP contribution in [0.2, 0.25) is 0 Å². The van der Waals surface area contributed by atoms with Gasteiger partial charge in [-0.15, -0.1) is 0 Å². The average molecular weight is 485 g/mol. The van der Waals surface area contributed by atoms with Gasteiger partial charge in [0.1, 0.15) is 18.0 Å². The summed E-state index contributed by atoms with van der Waals surface area (Å²) >= 11 is 0. The maximum absolute atomic E-state index is 13.6. The van der Waals surface area contributed by atoms with Gasteiger partial charge in [-0.3, -0.25) is 4.79 Å². The molecule has 2 aromatic rings. The topological polar surface area (TPSA) is 89.5 Å². The van der Waals surface area contributed by atoms with E-state index in [0.717, 1.165) is 11.1 Å². The normalized spacial score (nSPS) is 18.2. The van der Waals surface area contributed by atoms with E-state index < -0.39 is 0 Å². The van der Waals surface area contributed by atoms with Crippen molar-refractivity contribution in [2.75, 3.05) is 55.4 Å². The van der Waals surface area contributed by atoms with Crippen molar-refractivity contribution in [3.8, 4) is 28.7 Å². The SMILES string of the molecule is COC(=O)C[N@+]1(C)CCc2c(c(OC)c3c(c2C(=O)/C=C/c2cc(OC)ccc2OC)OCO3)C1. The molecule has 0 fully saturated rings. The van der Waals surface area contributed by atoms with Crippen LogP contribution in [0.3, 0.4) is 0 Å². The Labute approximate surface area is 204 Å². The lowest BCUT2D eigenvalue weighted by Gasteiger charge is -2.38. The van der Waals surface area contributed by atoms with Crippen molar-refractivity contribution in [2.24, 2.45) is 0 Å². The summed E-state index contributed by atoms with van der Waals surface area (Å²) in [7, 11) is 8.08. The molecule has 0 aromatic heterocycles. The zero-order chi connectivity index (χ0) is 25.2. The van der Waals surface area contributed by atoms with Crippen molar-refractivity contribution in [3.63, 3.8) is 0 Å².